The van der Waals surface area contributed by atoms with Gasteiger partial charge in [-0.25, -0.2) is 9.59 Å². The Balaban J connectivity index is 2.08. The van der Waals surface area contributed by atoms with Crippen LogP contribution in [0.4, 0.5) is 16.2 Å². The second-order valence-corrected chi connectivity index (χ2v) is 4.49. The van der Waals surface area contributed by atoms with Gasteiger partial charge in [-0.1, -0.05) is 17.7 Å². The number of aryl methyl sites for hydroxylation is 2. The molecule has 6 heteroatoms. The van der Waals surface area contributed by atoms with Crippen LogP contribution < -0.4 is 10.6 Å². The van der Waals surface area contributed by atoms with E-state index in [0.717, 1.165) is 5.56 Å². The molecule has 0 spiro atoms. The van der Waals surface area contributed by atoms with Gasteiger partial charge in [-0.2, -0.15) is 0 Å². The van der Waals surface area contributed by atoms with Crippen LogP contribution >= 0.6 is 0 Å². The van der Waals surface area contributed by atoms with Gasteiger partial charge in [0.25, 0.3) is 0 Å². The number of hydrogen-bond acceptors (Lipinski definition) is 2. The first-order valence-corrected chi connectivity index (χ1v) is 6.03. The lowest BCUT2D eigenvalue weighted by Crippen LogP contribution is -2.20. The Hall–Kier alpha value is -2.76. The highest BCUT2D eigenvalue weighted by molar-refractivity contribution is 6.04. The van der Waals surface area contributed by atoms with E-state index in [0.29, 0.717) is 11.4 Å². The predicted octanol–water partition coefficient (Wildman–Crippen LogP) is 2.97. The zero-order valence-corrected chi connectivity index (χ0v) is 11.2. The Kier molecular flexibility index (Phi) is 3.74. The summed E-state index contributed by atoms with van der Waals surface area (Å²) >= 11 is 0. The highest BCUT2D eigenvalue weighted by Crippen LogP contribution is 2.17. The van der Waals surface area contributed by atoms with Gasteiger partial charge in [-0.05, 0) is 32.0 Å². The van der Waals surface area contributed by atoms with E-state index in [4.69, 9.17) is 5.11 Å². The van der Waals surface area contributed by atoms with Crippen molar-refractivity contribution >= 4 is 23.4 Å². The fraction of sp³-hybridized carbons (Fsp3) is 0.143. The van der Waals surface area contributed by atoms with E-state index >= 15 is 0 Å². The van der Waals surface area contributed by atoms with Crippen molar-refractivity contribution in [3.8, 4) is 0 Å². The van der Waals surface area contributed by atoms with Crippen molar-refractivity contribution in [2.75, 3.05) is 10.6 Å². The summed E-state index contributed by atoms with van der Waals surface area (Å²) in [7, 11) is 0. The molecule has 0 aliphatic rings. The lowest BCUT2D eigenvalue weighted by Gasteiger charge is -2.07. The van der Waals surface area contributed by atoms with Gasteiger partial charge < -0.3 is 20.7 Å². The van der Waals surface area contributed by atoms with Gasteiger partial charge in [0.2, 0.25) is 0 Å². The molecule has 2 aromatic rings. The van der Waals surface area contributed by atoms with Crippen LogP contribution in [0.15, 0.2) is 30.3 Å². The maximum Gasteiger partial charge on any atom is 0.354 e. The van der Waals surface area contributed by atoms with E-state index in [1.165, 1.54) is 0 Å². The third-order valence-electron chi connectivity index (χ3n) is 2.72. The van der Waals surface area contributed by atoms with Crippen LogP contribution in [0.1, 0.15) is 21.7 Å². The molecule has 6 nitrogen and oxygen atoms in total. The molecule has 4 N–H and O–H groups in total. The number of amides is 2. The maximum atomic E-state index is 11.8. The molecule has 1 aromatic heterocycles. The van der Waals surface area contributed by atoms with E-state index in [2.05, 4.69) is 15.6 Å². The fourth-order valence-electron chi connectivity index (χ4n) is 1.78. The summed E-state index contributed by atoms with van der Waals surface area (Å²) in [5.74, 6) is -1.12. The quantitative estimate of drug-likeness (QED) is 0.692. The molecular weight excluding hydrogens is 258 g/mol. The minimum Gasteiger partial charge on any atom is -0.477 e. The molecule has 0 unspecified atom stereocenters. The van der Waals surface area contributed by atoms with Crippen LogP contribution in [-0.2, 0) is 0 Å². The topological polar surface area (TPSA) is 94.2 Å². The normalized spacial score (nSPS) is 10.1. The van der Waals surface area contributed by atoms with Gasteiger partial charge >= 0.3 is 12.0 Å². The fourth-order valence-corrected chi connectivity index (χ4v) is 1.78. The molecular formula is C14H15N3O3. The third-order valence-corrected chi connectivity index (χ3v) is 2.72. The molecule has 1 aromatic carbocycles. The van der Waals surface area contributed by atoms with E-state index in [1.54, 1.807) is 25.1 Å². The summed E-state index contributed by atoms with van der Waals surface area (Å²) in [5, 5.41) is 14.2. The Morgan fingerprint density at radius 1 is 1.10 bits per heavy atom. The molecule has 0 aliphatic heterocycles. The van der Waals surface area contributed by atoms with Crippen molar-refractivity contribution in [1.29, 1.82) is 0 Å². The second kappa shape index (κ2) is 5.48. The number of carbonyl (C=O) groups is 2. The van der Waals surface area contributed by atoms with Gasteiger partial charge in [0, 0.05) is 11.4 Å². The Morgan fingerprint density at radius 3 is 2.35 bits per heavy atom. The van der Waals surface area contributed by atoms with Gasteiger partial charge in [0.1, 0.15) is 5.69 Å². The van der Waals surface area contributed by atoms with Crippen molar-refractivity contribution < 1.29 is 14.7 Å². The van der Waals surface area contributed by atoms with E-state index in [1.807, 2.05) is 19.1 Å². The summed E-state index contributed by atoms with van der Waals surface area (Å²) in [6.45, 7) is 3.67. The van der Waals surface area contributed by atoms with Crippen LogP contribution in [0.3, 0.4) is 0 Å². The molecule has 2 amide bonds. The average Bonchev–Trinajstić information content (AvgIpc) is 2.73. The molecule has 0 aliphatic carbocycles. The number of hydrogen-bond donors (Lipinski definition) is 4. The van der Waals surface area contributed by atoms with E-state index < -0.39 is 12.0 Å². The molecule has 0 radical (unpaired) electrons. The molecule has 0 fully saturated rings. The maximum absolute atomic E-state index is 11.8. The number of anilines is 2. The Morgan fingerprint density at radius 2 is 1.75 bits per heavy atom. The number of aromatic amines is 1. The van der Waals surface area contributed by atoms with Gasteiger partial charge in [0.15, 0.2) is 0 Å². The van der Waals surface area contributed by atoms with Gasteiger partial charge in [-0.3, -0.25) is 0 Å². The summed E-state index contributed by atoms with van der Waals surface area (Å²) in [4.78, 5) is 25.5. The summed E-state index contributed by atoms with van der Waals surface area (Å²) in [6, 6.07) is 8.37. The van der Waals surface area contributed by atoms with Crippen molar-refractivity contribution in [2.45, 2.75) is 13.8 Å². The van der Waals surface area contributed by atoms with Crippen LogP contribution in [0, 0.1) is 13.8 Å². The molecule has 0 saturated carbocycles. The number of carboxylic acid groups (broad SMARTS) is 1. The standard InChI is InChI=1S/C14H15N3O3/c1-8-3-5-10(6-4-8)16-14(20)17-11-7-9(2)15-12(11)13(18)19/h3-7,15H,1-2H3,(H,18,19)(H2,16,17,20). The summed E-state index contributed by atoms with van der Waals surface area (Å²) in [6.07, 6.45) is 0. The Labute approximate surface area is 115 Å². The molecule has 104 valence electrons. The molecule has 0 bridgehead atoms. The van der Waals surface area contributed by atoms with Crippen molar-refractivity contribution in [2.24, 2.45) is 0 Å². The molecule has 0 saturated heterocycles. The third kappa shape index (κ3) is 3.17. The van der Waals surface area contributed by atoms with Crippen molar-refractivity contribution in [3.63, 3.8) is 0 Å². The smallest absolute Gasteiger partial charge is 0.354 e. The number of nitrogens with one attached hydrogen (secondary N) is 3. The number of carboxylic acids is 1. The minimum atomic E-state index is -1.12. The van der Waals surface area contributed by atoms with E-state index in [-0.39, 0.29) is 11.4 Å². The highest BCUT2D eigenvalue weighted by Gasteiger charge is 2.15. The number of aromatic nitrogens is 1. The SMILES string of the molecule is Cc1ccc(NC(=O)Nc2cc(C)[nH]c2C(=O)O)cc1. The van der Waals surface area contributed by atoms with Crippen molar-refractivity contribution in [3.05, 3.63) is 47.3 Å². The summed E-state index contributed by atoms with van der Waals surface area (Å²) < 4.78 is 0. The first-order valence-electron chi connectivity index (χ1n) is 6.03. The molecule has 0 atom stereocenters. The number of rotatable bonds is 3. The van der Waals surface area contributed by atoms with Gasteiger partial charge in [0.05, 0.1) is 5.69 Å². The lowest BCUT2D eigenvalue weighted by molar-refractivity contribution is 0.0692. The average molecular weight is 273 g/mol. The zero-order chi connectivity index (χ0) is 14.7. The van der Waals surface area contributed by atoms with Crippen LogP contribution in [0.5, 0.6) is 0 Å². The highest BCUT2D eigenvalue weighted by atomic mass is 16.4. The molecule has 1 heterocycles. The zero-order valence-electron chi connectivity index (χ0n) is 11.2. The lowest BCUT2D eigenvalue weighted by atomic mass is 10.2. The van der Waals surface area contributed by atoms with Crippen molar-refractivity contribution in [1.82, 2.24) is 4.98 Å². The van der Waals surface area contributed by atoms with Gasteiger partial charge in [-0.15, -0.1) is 0 Å². The predicted molar refractivity (Wildman–Crippen MR) is 76.3 cm³/mol. The number of urea groups is 1. The van der Waals surface area contributed by atoms with Crippen LogP contribution in [0.2, 0.25) is 0 Å². The first kappa shape index (κ1) is 13.7. The molecule has 20 heavy (non-hydrogen) atoms. The number of benzene rings is 1. The number of H-pyrrole nitrogens is 1. The largest absolute Gasteiger partial charge is 0.477 e. The molecule has 2 rings (SSSR count). The number of carbonyl (C=O) groups excluding carboxylic acids is 1. The van der Waals surface area contributed by atoms with Crippen LogP contribution in [-0.4, -0.2) is 22.1 Å². The number of aromatic carboxylic acids is 1. The van der Waals surface area contributed by atoms with E-state index in [9.17, 15) is 9.59 Å². The second-order valence-electron chi connectivity index (χ2n) is 4.49. The first-order chi connectivity index (χ1) is 9.45. The summed E-state index contributed by atoms with van der Waals surface area (Å²) in [5.41, 5.74) is 2.58. The van der Waals surface area contributed by atoms with Crippen LogP contribution in [0.25, 0.3) is 0 Å². The minimum absolute atomic E-state index is 0.0402. The monoisotopic (exact) mass is 273 g/mol. The Bertz CT molecular complexity index is 644.